The monoisotopic (exact) mass is 207 g/mol. The van der Waals surface area contributed by atoms with Crippen molar-refractivity contribution < 1.29 is 9.59 Å². The first-order chi connectivity index (χ1) is 7.09. The highest BCUT2D eigenvalue weighted by atomic mass is 16.2. The Balaban J connectivity index is 2.52. The molecule has 1 aromatic carbocycles. The summed E-state index contributed by atoms with van der Waals surface area (Å²) in [4.78, 5) is 21.6. The zero-order chi connectivity index (χ0) is 11.3. The lowest BCUT2D eigenvalue weighted by atomic mass is 10.2. The molecule has 15 heavy (non-hydrogen) atoms. The Hall–Kier alpha value is -2.04. The minimum absolute atomic E-state index is 0.121. The summed E-state index contributed by atoms with van der Waals surface area (Å²) in [6.45, 7) is 1.76. The molecule has 0 unspecified atom stereocenters. The molecule has 0 fully saturated rings. The molecule has 0 saturated heterocycles. The molecule has 80 valence electrons. The normalized spacial score (nSPS) is 9.40. The Morgan fingerprint density at radius 2 is 2.00 bits per heavy atom. The quantitative estimate of drug-likeness (QED) is 0.678. The number of rotatable bonds is 3. The highest BCUT2D eigenvalue weighted by Gasteiger charge is 2.04. The van der Waals surface area contributed by atoms with E-state index in [2.05, 4.69) is 10.6 Å². The van der Waals surface area contributed by atoms with Crippen LogP contribution in [0.15, 0.2) is 24.3 Å². The van der Waals surface area contributed by atoms with Crippen LogP contribution in [0.1, 0.15) is 5.56 Å². The van der Waals surface area contributed by atoms with Crippen LogP contribution in [-0.4, -0.2) is 18.5 Å². The number of anilines is 1. The highest BCUT2D eigenvalue weighted by Crippen LogP contribution is 2.12. The number of benzene rings is 1. The molecule has 4 N–H and O–H groups in total. The van der Waals surface area contributed by atoms with Gasteiger partial charge in [0.25, 0.3) is 0 Å². The molecule has 5 heteroatoms. The minimum Gasteiger partial charge on any atom is -0.352 e. The largest absolute Gasteiger partial charge is 0.352 e. The third kappa shape index (κ3) is 3.68. The summed E-state index contributed by atoms with van der Waals surface area (Å²) in [6, 6.07) is 6.67. The standard InChI is InChI=1S/C10H13N3O2/c1-7-4-2-3-5-8(7)13-9(14)6-12-10(11)15/h2-5H,6H2,1H3,(H,13,14)(H3,11,12,15). The molecule has 0 radical (unpaired) electrons. The number of nitrogens with two attached hydrogens (primary N) is 1. The number of nitrogens with one attached hydrogen (secondary N) is 2. The summed E-state index contributed by atoms with van der Waals surface area (Å²) in [5.41, 5.74) is 6.53. The summed E-state index contributed by atoms with van der Waals surface area (Å²) in [6.07, 6.45) is 0. The van der Waals surface area contributed by atoms with Crippen molar-refractivity contribution in [2.24, 2.45) is 5.73 Å². The molecule has 0 bridgehead atoms. The lowest BCUT2D eigenvalue weighted by molar-refractivity contribution is -0.115. The fraction of sp³-hybridized carbons (Fsp3) is 0.200. The summed E-state index contributed by atoms with van der Waals surface area (Å²) in [7, 11) is 0. The second kappa shape index (κ2) is 4.99. The van der Waals surface area contributed by atoms with Crippen molar-refractivity contribution in [2.75, 3.05) is 11.9 Å². The van der Waals surface area contributed by atoms with E-state index in [0.717, 1.165) is 11.3 Å². The molecule has 0 aliphatic heterocycles. The van der Waals surface area contributed by atoms with Crippen molar-refractivity contribution in [3.05, 3.63) is 29.8 Å². The van der Waals surface area contributed by atoms with E-state index in [4.69, 9.17) is 5.73 Å². The fourth-order valence-corrected chi connectivity index (χ4v) is 1.07. The first-order valence-corrected chi connectivity index (χ1v) is 4.48. The molecule has 1 aromatic rings. The smallest absolute Gasteiger partial charge is 0.312 e. The Morgan fingerprint density at radius 1 is 1.33 bits per heavy atom. The van der Waals surface area contributed by atoms with Crippen molar-refractivity contribution in [1.29, 1.82) is 0 Å². The first kappa shape index (κ1) is 11.0. The van der Waals surface area contributed by atoms with Gasteiger partial charge in [-0.3, -0.25) is 4.79 Å². The van der Waals surface area contributed by atoms with E-state index in [-0.39, 0.29) is 12.5 Å². The van der Waals surface area contributed by atoms with E-state index in [1.54, 1.807) is 6.07 Å². The molecule has 0 atom stereocenters. The van der Waals surface area contributed by atoms with Gasteiger partial charge >= 0.3 is 6.03 Å². The van der Waals surface area contributed by atoms with Crippen LogP contribution in [0.5, 0.6) is 0 Å². The van der Waals surface area contributed by atoms with Crippen molar-refractivity contribution in [2.45, 2.75) is 6.92 Å². The lowest BCUT2D eigenvalue weighted by Gasteiger charge is -2.07. The number of primary amides is 1. The molecule has 0 saturated carbocycles. The number of aryl methyl sites for hydroxylation is 1. The molecule has 0 heterocycles. The molecular weight excluding hydrogens is 194 g/mol. The van der Waals surface area contributed by atoms with Gasteiger partial charge < -0.3 is 16.4 Å². The Morgan fingerprint density at radius 3 is 2.60 bits per heavy atom. The fourth-order valence-electron chi connectivity index (χ4n) is 1.07. The molecule has 0 aliphatic rings. The van der Waals surface area contributed by atoms with E-state index < -0.39 is 6.03 Å². The van der Waals surface area contributed by atoms with Gasteiger partial charge in [-0.05, 0) is 18.6 Å². The molecular formula is C10H13N3O2. The van der Waals surface area contributed by atoms with Crippen LogP contribution >= 0.6 is 0 Å². The van der Waals surface area contributed by atoms with Crippen LogP contribution in [0.3, 0.4) is 0 Å². The number of amides is 3. The van der Waals surface area contributed by atoms with E-state index >= 15 is 0 Å². The number of urea groups is 1. The third-order valence-corrected chi connectivity index (χ3v) is 1.84. The maximum atomic E-state index is 11.3. The summed E-state index contributed by atoms with van der Waals surface area (Å²) >= 11 is 0. The molecule has 1 rings (SSSR count). The van der Waals surface area contributed by atoms with Crippen molar-refractivity contribution in [3.8, 4) is 0 Å². The lowest BCUT2D eigenvalue weighted by Crippen LogP contribution is -2.36. The van der Waals surface area contributed by atoms with Gasteiger partial charge in [0.2, 0.25) is 5.91 Å². The number of hydrogen-bond acceptors (Lipinski definition) is 2. The molecule has 0 aromatic heterocycles. The SMILES string of the molecule is Cc1ccccc1NC(=O)CNC(N)=O. The van der Waals surface area contributed by atoms with Gasteiger partial charge in [0.15, 0.2) is 0 Å². The van der Waals surface area contributed by atoms with Crippen molar-refractivity contribution in [3.63, 3.8) is 0 Å². The Bertz CT molecular complexity index is 377. The van der Waals surface area contributed by atoms with Gasteiger partial charge in [-0.1, -0.05) is 18.2 Å². The van der Waals surface area contributed by atoms with Gasteiger partial charge in [-0.25, -0.2) is 4.79 Å². The molecule has 5 nitrogen and oxygen atoms in total. The van der Waals surface area contributed by atoms with Gasteiger partial charge in [0, 0.05) is 5.69 Å². The Kier molecular flexibility index (Phi) is 3.68. The van der Waals surface area contributed by atoms with E-state index in [9.17, 15) is 9.59 Å². The van der Waals surface area contributed by atoms with E-state index in [0.29, 0.717) is 0 Å². The van der Waals surface area contributed by atoms with E-state index in [1.807, 2.05) is 25.1 Å². The van der Waals surface area contributed by atoms with Crippen LogP contribution in [0.2, 0.25) is 0 Å². The zero-order valence-electron chi connectivity index (χ0n) is 8.41. The van der Waals surface area contributed by atoms with E-state index in [1.165, 1.54) is 0 Å². The van der Waals surface area contributed by atoms with Crippen LogP contribution in [0.4, 0.5) is 10.5 Å². The van der Waals surface area contributed by atoms with Crippen LogP contribution in [0, 0.1) is 6.92 Å². The predicted octanol–water partition coefficient (Wildman–Crippen LogP) is 0.602. The van der Waals surface area contributed by atoms with Gasteiger partial charge in [-0.15, -0.1) is 0 Å². The predicted molar refractivity (Wildman–Crippen MR) is 57.4 cm³/mol. The number of hydrogen-bond donors (Lipinski definition) is 3. The molecule has 0 spiro atoms. The third-order valence-electron chi connectivity index (χ3n) is 1.84. The van der Waals surface area contributed by atoms with Crippen LogP contribution in [-0.2, 0) is 4.79 Å². The molecule has 3 amide bonds. The summed E-state index contributed by atoms with van der Waals surface area (Å²) in [5.74, 6) is -0.303. The van der Waals surface area contributed by atoms with Crippen LogP contribution < -0.4 is 16.4 Å². The summed E-state index contributed by atoms with van der Waals surface area (Å²) in [5, 5.41) is 4.87. The second-order valence-electron chi connectivity index (χ2n) is 3.08. The second-order valence-corrected chi connectivity index (χ2v) is 3.08. The maximum Gasteiger partial charge on any atom is 0.312 e. The van der Waals surface area contributed by atoms with Crippen LogP contribution in [0.25, 0.3) is 0 Å². The molecule has 0 aliphatic carbocycles. The van der Waals surface area contributed by atoms with Gasteiger partial charge in [0.1, 0.15) is 0 Å². The Labute approximate surface area is 87.7 Å². The van der Waals surface area contributed by atoms with Gasteiger partial charge in [-0.2, -0.15) is 0 Å². The first-order valence-electron chi connectivity index (χ1n) is 4.48. The number of carbonyl (C=O) groups is 2. The van der Waals surface area contributed by atoms with Crippen molar-refractivity contribution in [1.82, 2.24) is 5.32 Å². The van der Waals surface area contributed by atoms with Crippen molar-refractivity contribution >= 4 is 17.6 Å². The van der Waals surface area contributed by atoms with Gasteiger partial charge in [0.05, 0.1) is 6.54 Å². The maximum absolute atomic E-state index is 11.3. The topological polar surface area (TPSA) is 84.2 Å². The number of carbonyl (C=O) groups excluding carboxylic acids is 2. The average Bonchev–Trinajstić information content (AvgIpc) is 2.18. The minimum atomic E-state index is -0.713. The number of para-hydroxylation sites is 1. The average molecular weight is 207 g/mol. The highest BCUT2D eigenvalue weighted by molar-refractivity contribution is 5.94. The summed E-state index contributed by atoms with van der Waals surface area (Å²) < 4.78 is 0. The zero-order valence-corrected chi connectivity index (χ0v) is 8.41.